The van der Waals surface area contributed by atoms with Crippen molar-refractivity contribution in [3.8, 4) is 0 Å². The van der Waals surface area contributed by atoms with E-state index >= 15 is 0 Å². The quantitative estimate of drug-likeness (QED) is 0.884. The lowest BCUT2D eigenvalue weighted by molar-refractivity contribution is 0.0790. The monoisotopic (exact) mass is 245 g/mol. The average molecular weight is 245 g/mol. The van der Waals surface area contributed by atoms with Crippen molar-refractivity contribution in [3.05, 3.63) is 29.3 Å². The number of benzene rings is 1. The molecule has 0 atom stereocenters. The topological polar surface area (TPSA) is 23.5 Å². The molecule has 1 aromatic rings. The van der Waals surface area contributed by atoms with Crippen LogP contribution < -0.4 is 4.90 Å². The molecule has 2 heteroatoms. The van der Waals surface area contributed by atoms with Crippen molar-refractivity contribution in [2.75, 3.05) is 18.0 Å². The minimum atomic E-state index is -0.743. The normalized spacial score (nSPS) is 19.8. The van der Waals surface area contributed by atoms with E-state index in [4.69, 9.17) is 0 Å². The van der Waals surface area contributed by atoms with Crippen molar-refractivity contribution in [2.24, 2.45) is 5.92 Å². The van der Waals surface area contributed by atoms with E-state index in [1.807, 2.05) is 13.8 Å². The molecule has 3 rings (SSSR count). The lowest BCUT2D eigenvalue weighted by Gasteiger charge is -2.34. The number of rotatable bonds is 3. The summed E-state index contributed by atoms with van der Waals surface area (Å²) < 4.78 is 0. The zero-order chi connectivity index (χ0) is 12.8. The van der Waals surface area contributed by atoms with Crippen LogP contribution in [0.3, 0.4) is 0 Å². The molecule has 0 saturated heterocycles. The molecule has 2 aliphatic rings. The van der Waals surface area contributed by atoms with Gasteiger partial charge in [0, 0.05) is 24.3 Å². The van der Waals surface area contributed by atoms with E-state index in [9.17, 15) is 5.11 Å². The van der Waals surface area contributed by atoms with Crippen LogP contribution >= 0.6 is 0 Å². The Kier molecular flexibility index (Phi) is 2.86. The predicted octanol–water partition coefficient (Wildman–Crippen LogP) is 3.08. The highest BCUT2D eigenvalue weighted by molar-refractivity contribution is 5.65. The maximum atomic E-state index is 10.3. The molecule has 18 heavy (non-hydrogen) atoms. The number of hydrogen-bond acceptors (Lipinski definition) is 2. The Morgan fingerprint density at radius 2 is 2.11 bits per heavy atom. The van der Waals surface area contributed by atoms with E-state index in [2.05, 4.69) is 23.1 Å². The molecule has 0 bridgehead atoms. The smallest absolute Gasteiger partial charge is 0.0860 e. The summed E-state index contributed by atoms with van der Waals surface area (Å²) >= 11 is 0. The van der Waals surface area contributed by atoms with Gasteiger partial charge in [0.1, 0.15) is 0 Å². The van der Waals surface area contributed by atoms with Gasteiger partial charge in [-0.2, -0.15) is 0 Å². The van der Waals surface area contributed by atoms with E-state index in [1.54, 1.807) is 0 Å². The van der Waals surface area contributed by atoms with Gasteiger partial charge >= 0.3 is 0 Å². The first-order valence-electron chi connectivity index (χ1n) is 7.15. The second-order valence-electron chi connectivity index (χ2n) is 6.37. The van der Waals surface area contributed by atoms with Gasteiger partial charge in [-0.25, -0.2) is 0 Å². The summed E-state index contributed by atoms with van der Waals surface area (Å²) in [6.07, 6.45) is 5.30. The summed E-state index contributed by atoms with van der Waals surface area (Å²) in [7, 11) is 0. The molecule has 0 amide bonds. The number of aliphatic hydroxyl groups is 1. The Morgan fingerprint density at radius 3 is 2.72 bits per heavy atom. The summed E-state index contributed by atoms with van der Waals surface area (Å²) in [5.41, 5.74) is 3.08. The summed E-state index contributed by atoms with van der Waals surface area (Å²) in [5.74, 6) is 0.880. The van der Waals surface area contributed by atoms with Crippen molar-refractivity contribution >= 4 is 5.69 Å². The zero-order valence-electron chi connectivity index (χ0n) is 11.4. The summed E-state index contributed by atoms with van der Waals surface area (Å²) in [6, 6.07) is 6.38. The fourth-order valence-electron chi connectivity index (χ4n) is 3.20. The highest BCUT2D eigenvalue weighted by Gasteiger charge is 2.30. The number of nitrogens with zero attached hydrogens (tertiary/aromatic N) is 1. The van der Waals surface area contributed by atoms with Crippen LogP contribution in [0.25, 0.3) is 0 Å². The standard InChI is InChI=1S/C16H23NO/c1-16(2,18)14-8-4-7-13-9-10-17(15(13)14)11-12-5-3-6-12/h4,7-8,12,18H,3,5-6,9-11H2,1-2H3. The first-order valence-corrected chi connectivity index (χ1v) is 7.15. The van der Waals surface area contributed by atoms with Crippen molar-refractivity contribution < 1.29 is 5.11 Å². The molecule has 1 fully saturated rings. The van der Waals surface area contributed by atoms with Crippen LogP contribution in [0.2, 0.25) is 0 Å². The lowest BCUT2D eigenvalue weighted by Crippen LogP contribution is -2.32. The molecular formula is C16H23NO. The van der Waals surface area contributed by atoms with Crippen LogP contribution in [0.15, 0.2) is 18.2 Å². The van der Waals surface area contributed by atoms with Gasteiger partial charge < -0.3 is 10.0 Å². The van der Waals surface area contributed by atoms with Gasteiger partial charge in [0.05, 0.1) is 5.60 Å². The molecule has 1 heterocycles. The van der Waals surface area contributed by atoms with Crippen molar-refractivity contribution in [1.29, 1.82) is 0 Å². The van der Waals surface area contributed by atoms with Crippen molar-refractivity contribution in [1.82, 2.24) is 0 Å². The fraction of sp³-hybridized carbons (Fsp3) is 0.625. The number of hydrogen-bond donors (Lipinski definition) is 1. The Bertz CT molecular complexity index is 443. The predicted molar refractivity (Wildman–Crippen MR) is 74.9 cm³/mol. The second-order valence-corrected chi connectivity index (χ2v) is 6.37. The molecular weight excluding hydrogens is 222 g/mol. The summed E-state index contributed by atoms with van der Waals surface area (Å²) in [4.78, 5) is 2.51. The molecule has 0 aromatic heterocycles. The third kappa shape index (κ3) is 2.03. The SMILES string of the molecule is CC(C)(O)c1cccc2c1N(CC1CCC1)CC2. The van der Waals surface area contributed by atoms with Gasteiger partial charge in [0.25, 0.3) is 0 Å². The minimum Gasteiger partial charge on any atom is -0.386 e. The Hall–Kier alpha value is -1.02. The molecule has 0 unspecified atom stereocenters. The molecule has 2 nitrogen and oxygen atoms in total. The number of anilines is 1. The Morgan fingerprint density at radius 1 is 1.33 bits per heavy atom. The Balaban J connectivity index is 1.92. The zero-order valence-corrected chi connectivity index (χ0v) is 11.4. The van der Waals surface area contributed by atoms with Crippen molar-refractivity contribution in [2.45, 2.75) is 45.1 Å². The highest BCUT2D eigenvalue weighted by atomic mass is 16.3. The van der Waals surface area contributed by atoms with E-state index in [1.165, 1.54) is 37.1 Å². The fourth-order valence-corrected chi connectivity index (χ4v) is 3.20. The van der Waals surface area contributed by atoms with Crippen molar-refractivity contribution in [3.63, 3.8) is 0 Å². The van der Waals surface area contributed by atoms with E-state index in [0.717, 1.165) is 24.4 Å². The van der Waals surface area contributed by atoms with E-state index in [-0.39, 0.29) is 0 Å². The van der Waals surface area contributed by atoms with Gasteiger partial charge in [-0.1, -0.05) is 24.6 Å². The van der Waals surface area contributed by atoms with Crippen LogP contribution in [0.1, 0.15) is 44.2 Å². The van der Waals surface area contributed by atoms with Gasteiger partial charge in [0.2, 0.25) is 0 Å². The molecule has 1 aromatic carbocycles. The van der Waals surface area contributed by atoms with Crippen LogP contribution in [-0.4, -0.2) is 18.2 Å². The number of fused-ring (bicyclic) bond motifs is 1. The second kappa shape index (κ2) is 4.27. The molecule has 1 N–H and O–H groups in total. The van der Waals surface area contributed by atoms with Gasteiger partial charge in [0.15, 0.2) is 0 Å². The van der Waals surface area contributed by atoms with E-state index < -0.39 is 5.60 Å². The van der Waals surface area contributed by atoms with Gasteiger partial charge in [-0.15, -0.1) is 0 Å². The first-order chi connectivity index (χ1) is 8.55. The average Bonchev–Trinajstić information content (AvgIpc) is 2.65. The molecule has 1 aliphatic carbocycles. The maximum Gasteiger partial charge on any atom is 0.0860 e. The van der Waals surface area contributed by atoms with E-state index in [0.29, 0.717) is 0 Å². The summed E-state index contributed by atoms with van der Waals surface area (Å²) in [5, 5.41) is 10.3. The minimum absolute atomic E-state index is 0.743. The van der Waals surface area contributed by atoms with Crippen LogP contribution in [0.4, 0.5) is 5.69 Å². The lowest BCUT2D eigenvalue weighted by atomic mass is 9.85. The molecule has 1 aliphatic heterocycles. The number of para-hydroxylation sites is 1. The van der Waals surface area contributed by atoms with Gasteiger partial charge in [-0.3, -0.25) is 0 Å². The first kappa shape index (κ1) is 12.0. The maximum absolute atomic E-state index is 10.3. The molecule has 0 spiro atoms. The van der Waals surface area contributed by atoms with Crippen LogP contribution in [0.5, 0.6) is 0 Å². The highest BCUT2D eigenvalue weighted by Crippen LogP contribution is 2.39. The Labute approximate surface area is 110 Å². The third-order valence-corrected chi connectivity index (χ3v) is 4.45. The molecule has 98 valence electrons. The largest absolute Gasteiger partial charge is 0.386 e. The summed E-state index contributed by atoms with van der Waals surface area (Å²) in [6.45, 7) is 6.09. The van der Waals surface area contributed by atoms with Crippen LogP contribution in [0, 0.1) is 5.92 Å². The third-order valence-electron chi connectivity index (χ3n) is 4.45. The molecule has 0 radical (unpaired) electrons. The molecule has 1 saturated carbocycles. The van der Waals surface area contributed by atoms with Crippen LogP contribution in [-0.2, 0) is 12.0 Å². The van der Waals surface area contributed by atoms with Gasteiger partial charge in [-0.05, 0) is 44.6 Å².